The minimum absolute atomic E-state index is 0.0257. The summed E-state index contributed by atoms with van der Waals surface area (Å²) < 4.78 is 39.8. The maximum atomic E-state index is 13.0. The smallest absolute Gasteiger partial charge is 0.361 e. The van der Waals surface area contributed by atoms with Gasteiger partial charge in [-0.3, -0.25) is 15.1 Å². The molecule has 3 rings (SSSR count). The van der Waals surface area contributed by atoms with Gasteiger partial charge in [-0.15, -0.1) is 0 Å². The van der Waals surface area contributed by atoms with E-state index in [1.165, 1.54) is 12.3 Å². The Balaban J connectivity index is 2.01. The second kappa shape index (κ2) is 6.32. The number of H-pyrrole nitrogens is 1. The summed E-state index contributed by atoms with van der Waals surface area (Å²) in [6, 6.07) is 8.20. The molecule has 1 aromatic heterocycles. The molecule has 5 nitrogen and oxygen atoms in total. The molecule has 0 unspecified atom stereocenters. The van der Waals surface area contributed by atoms with Crippen LogP contribution in [0.3, 0.4) is 0 Å². The van der Waals surface area contributed by atoms with Crippen molar-refractivity contribution in [2.75, 3.05) is 0 Å². The van der Waals surface area contributed by atoms with Crippen LogP contribution in [0.4, 0.5) is 24.5 Å². The van der Waals surface area contributed by atoms with Crippen molar-refractivity contribution in [2.45, 2.75) is 6.18 Å². The number of alkyl halides is 3. The van der Waals surface area contributed by atoms with Gasteiger partial charge in [0, 0.05) is 39.4 Å². The van der Waals surface area contributed by atoms with Crippen LogP contribution in [0.2, 0.25) is 0 Å². The Bertz CT molecular complexity index is 996. The van der Waals surface area contributed by atoms with Crippen LogP contribution in [0.1, 0.15) is 11.1 Å². The molecular weight excluding hydrogens is 403 g/mol. The molecule has 128 valence electrons. The first-order valence-corrected chi connectivity index (χ1v) is 7.71. The van der Waals surface area contributed by atoms with Gasteiger partial charge in [0.1, 0.15) is 5.56 Å². The van der Waals surface area contributed by atoms with Crippen molar-refractivity contribution in [3.05, 3.63) is 68.3 Å². The average Bonchev–Trinajstić information content (AvgIpc) is 2.94. The van der Waals surface area contributed by atoms with Gasteiger partial charge < -0.3 is 4.98 Å². The predicted octanol–water partition coefficient (Wildman–Crippen LogP) is 5.61. The van der Waals surface area contributed by atoms with E-state index in [9.17, 15) is 23.3 Å². The molecule has 0 radical (unpaired) electrons. The van der Waals surface area contributed by atoms with Crippen LogP contribution in [-0.2, 0) is 6.18 Å². The Morgan fingerprint density at radius 1 is 1.20 bits per heavy atom. The van der Waals surface area contributed by atoms with Gasteiger partial charge in [0.2, 0.25) is 0 Å². The highest BCUT2D eigenvalue weighted by Crippen LogP contribution is 2.38. The molecule has 3 aromatic rings. The Labute approximate surface area is 147 Å². The molecule has 1 heterocycles. The third kappa shape index (κ3) is 3.55. The summed E-state index contributed by atoms with van der Waals surface area (Å²) in [4.78, 5) is 16.7. The van der Waals surface area contributed by atoms with Gasteiger partial charge in [0.05, 0.1) is 10.6 Å². The van der Waals surface area contributed by atoms with Gasteiger partial charge >= 0.3 is 6.18 Å². The number of nitro groups is 1. The molecule has 1 N–H and O–H groups in total. The number of hydrogen-bond donors (Lipinski definition) is 1. The first-order valence-electron chi connectivity index (χ1n) is 6.92. The molecule has 0 saturated carbocycles. The van der Waals surface area contributed by atoms with Crippen molar-refractivity contribution < 1.29 is 18.1 Å². The summed E-state index contributed by atoms with van der Waals surface area (Å²) in [5.74, 6) is 0. The number of aromatic nitrogens is 1. The summed E-state index contributed by atoms with van der Waals surface area (Å²) in [5, 5.41) is 11.6. The maximum Gasteiger partial charge on any atom is 0.423 e. The Kier molecular flexibility index (Phi) is 4.34. The van der Waals surface area contributed by atoms with Gasteiger partial charge in [-0.05, 0) is 30.3 Å². The molecule has 0 saturated heterocycles. The highest BCUT2D eigenvalue weighted by Gasteiger charge is 2.38. The largest absolute Gasteiger partial charge is 0.423 e. The van der Waals surface area contributed by atoms with E-state index in [4.69, 9.17) is 0 Å². The summed E-state index contributed by atoms with van der Waals surface area (Å²) in [6.07, 6.45) is -1.75. The monoisotopic (exact) mass is 411 g/mol. The van der Waals surface area contributed by atoms with Crippen LogP contribution in [-0.4, -0.2) is 16.1 Å². The Morgan fingerprint density at radius 3 is 2.64 bits per heavy atom. The highest BCUT2D eigenvalue weighted by atomic mass is 79.9. The van der Waals surface area contributed by atoms with Crippen molar-refractivity contribution in [1.29, 1.82) is 0 Å². The third-order valence-corrected chi connectivity index (χ3v) is 4.00. The zero-order valence-electron chi connectivity index (χ0n) is 12.3. The Morgan fingerprint density at radius 2 is 1.96 bits per heavy atom. The topological polar surface area (TPSA) is 71.3 Å². The van der Waals surface area contributed by atoms with Gasteiger partial charge in [-0.1, -0.05) is 15.9 Å². The van der Waals surface area contributed by atoms with E-state index in [1.54, 1.807) is 6.20 Å². The third-order valence-electron chi connectivity index (χ3n) is 3.51. The second-order valence-corrected chi connectivity index (χ2v) is 6.06. The molecule has 0 bridgehead atoms. The normalized spacial score (nSPS) is 12.2. The van der Waals surface area contributed by atoms with E-state index < -0.39 is 22.4 Å². The van der Waals surface area contributed by atoms with E-state index >= 15 is 0 Å². The molecule has 0 spiro atoms. The molecule has 0 aliphatic carbocycles. The fourth-order valence-electron chi connectivity index (χ4n) is 2.36. The molecule has 0 aliphatic rings. The van der Waals surface area contributed by atoms with Gasteiger partial charge in [0.25, 0.3) is 5.69 Å². The standard InChI is InChI=1S/C16H9BrF3N3O2/c17-10-1-3-14-12(5-10)9(8-22-14)7-21-11-2-4-15(23(24)25)13(6-11)16(18,19)20/h1-8,22H. The van der Waals surface area contributed by atoms with Crippen LogP contribution in [0.15, 0.2) is 52.1 Å². The van der Waals surface area contributed by atoms with Crippen LogP contribution in [0.25, 0.3) is 10.9 Å². The van der Waals surface area contributed by atoms with E-state index in [-0.39, 0.29) is 5.69 Å². The number of nitro benzene ring substituents is 1. The van der Waals surface area contributed by atoms with Crippen LogP contribution < -0.4 is 0 Å². The molecule has 25 heavy (non-hydrogen) atoms. The highest BCUT2D eigenvalue weighted by molar-refractivity contribution is 9.10. The predicted molar refractivity (Wildman–Crippen MR) is 91.4 cm³/mol. The van der Waals surface area contributed by atoms with Gasteiger partial charge in [-0.2, -0.15) is 13.2 Å². The SMILES string of the molecule is O=[N+]([O-])c1ccc(N=Cc2c[nH]c3ccc(Br)cc23)cc1C(F)(F)F. The van der Waals surface area contributed by atoms with Crippen molar-refractivity contribution in [3.63, 3.8) is 0 Å². The van der Waals surface area contributed by atoms with E-state index in [1.807, 2.05) is 18.2 Å². The molecule has 0 aliphatic heterocycles. The summed E-state index contributed by atoms with van der Waals surface area (Å²) >= 11 is 3.35. The average molecular weight is 412 g/mol. The van der Waals surface area contributed by atoms with Gasteiger partial charge in [0.15, 0.2) is 0 Å². The van der Waals surface area contributed by atoms with Crippen molar-refractivity contribution >= 4 is 44.4 Å². The van der Waals surface area contributed by atoms with E-state index in [0.29, 0.717) is 11.6 Å². The van der Waals surface area contributed by atoms with Crippen LogP contribution in [0.5, 0.6) is 0 Å². The van der Waals surface area contributed by atoms with Crippen LogP contribution in [0, 0.1) is 10.1 Å². The Hall–Kier alpha value is -2.68. The van der Waals surface area contributed by atoms with E-state index in [0.717, 1.165) is 21.4 Å². The minimum atomic E-state index is -4.83. The lowest BCUT2D eigenvalue weighted by Gasteiger charge is -2.07. The fourth-order valence-corrected chi connectivity index (χ4v) is 2.72. The fraction of sp³-hybridized carbons (Fsp3) is 0.0625. The first-order chi connectivity index (χ1) is 11.8. The van der Waals surface area contributed by atoms with Crippen molar-refractivity contribution in [2.24, 2.45) is 4.99 Å². The minimum Gasteiger partial charge on any atom is -0.361 e. The van der Waals surface area contributed by atoms with Crippen LogP contribution >= 0.6 is 15.9 Å². The summed E-state index contributed by atoms with van der Waals surface area (Å²) in [6.45, 7) is 0. The number of fused-ring (bicyclic) bond motifs is 1. The molecule has 9 heteroatoms. The lowest BCUT2D eigenvalue weighted by molar-refractivity contribution is -0.388. The maximum absolute atomic E-state index is 13.0. The number of hydrogen-bond acceptors (Lipinski definition) is 3. The molecule has 0 fully saturated rings. The number of halogens is 4. The quantitative estimate of drug-likeness (QED) is 0.345. The van der Waals surface area contributed by atoms with Gasteiger partial charge in [-0.25, -0.2) is 0 Å². The zero-order valence-corrected chi connectivity index (χ0v) is 13.9. The number of nitrogens with zero attached hydrogens (tertiary/aromatic N) is 2. The molecular formula is C16H9BrF3N3O2. The zero-order chi connectivity index (χ0) is 18.2. The number of benzene rings is 2. The second-order valence-electron chi connectivity index (χ2n) is 5.15. The summed E-state index contributed by atoms with van der Waals surface area (Å²) in [7, 11) is 0. The van der Waals surface area contributed by atoms with Crippen molar-refractivity contribution in [3.8, 4) is 0 Å². The first kappa shape index (κ1) is 17.2. The summed E-state index contributed by atoms with van der Waals surface area (Å²) in [5.41, 5.74) is -0.814. The number of aromatic amines is 1. The molecule has 0 amide bonds. The lowest BCUT2D eigenvalue weighted by Crippen LogP contribution is -2.08. The number of nitrogens with one attached hydrogen (secondary N) is 1. The van der Waals surface area contributed by atoms with E-state index in [2.05, 4.69) is 25.9 Å². The van der Waals surface area contributed by atoms with Crippen molar-refractivity contribution in [1.82, 2.24) is 4.98 Å². The molecule has 2 aromatic carbocycles. The molecule has 0 atom stereocenters. The number of aliphatic imine (C=N–C) groups is 1. The number of rotatable bonds is 3. The lowest BCUT2D eigenvalue weighted by atomic mass is 10.1.